The van der Waals surface area contributed by atoms with Gasteiger partial charge in [0.1, 0.15) is 5.75 Å². The van der Waals surface area contributed by atoms with Gasteiger partial charge >= 0.3 is 6.18 Å². The van der Waals surface area contributed by atoms with E-state index in [0.29, 0.717) is 5.69 Å². The van der Waals surface area contributed by atoms with Crippen LogP contribution in [0.15, 0.2) is 24.3 Å². The maximum Gasteiger partial charge on any atom is 0.422 e. The van der Waals surface area contributed by atoms with Crippen molar-refractivity contribution in [3.8, 4) is 5.75 Å². The molecule has 1 unspecified atom stereocenters. The second-order valence-electron chi connectivity index (χ2n) is 6.40. The first kappa shape index (κ1) is 17.6. The van der Waals surface area contributed by atoms with Crippen LogP contribution in [0.1, 0.15) is 26.7 Å². The quantitative estimate of drug-likeness (QED) is 0.890. The number of carbonyl (C=O) groups excluding carboxylic acids is 1. The van der Waals surface area contributed by atoms with Crippen molar-refractivity contribution >= 4 is 11.6 Å². The lowest BCUT2D eigenvalue weighted by molar-refractivity contribution is -0.153. The number of carbonyl (C=O) groups is 1. The second kappa shape index (κ2) is 6.78. The minimum atomic E-state index is -4.37. The normalized spacial score (nSPS) is 20.8. The van der Waals surface area contributed by atoms with Crippen molar-refractivity contribution < 1.29 is 22.7 Å². The lowest BCUT2D eigenvalue weighted by atomic mass is 9.77. The lowest BCUT2D eigenvalue weighted by Gasteiger charge is -2.38. The van der Waals surface area contributed by atoms with E-state index in [1.807, 2.05) is 13.8 Å². The van der Waals surface area contributed by atoms with E-state index >= 15 is 0 Å². The number of halogens is 3. The summed E-state index contributed by atoms with van der Waals surface area (Å²) in [5.74, 6) is -0.0323. The van der Waals surface area contributed by atoms with Crippen LogP contribution in [0.5, 0.6) is 5.75 Å². The van der Waals surface area contributed by atoms with Gasteiger partial charge in [-0.3, -0.25) is 4.79 Å². The molecule has 7 heteroatoms. The predicted octanol–water partition coefficient (Wildman–Crippen LogP) is 3.34. The van der Waals surface area contributed by atoms with Crippen molar-refractivity contribution in [3.05, 3.63) is 24.3 Å². The molecule has 2 rings (SSSR count). The van der Waals surface area contributed by atoms with Gasteiger partial charge in [-0.1, -0.05) is 13.8 Å². The zero-order chi connectivity index (χ0) is 17.1. The summed E-state index contributed by atoms with van der Waals surface area (Å²) in [4.78, 5) is 12.4. The third-order valence-electron chi connectivity index (χ3n) is 3.91. The van der Waals surface area contributed by atoms with Crippen molar-refractivity contribution in [1.82, 2.24) is 5.32 Å². The molecule has 1 atom stereocenters. The Morgan fingerprint density at radius 1 is 1.35 bits per heavy atom. The molecule has 1 aliphatic rings. The maximum absolute atomic E-state index is 12.4. The smallest absolute Gasteiger partial charge is 0.422 e. The Labute approximate surface area is 133 Å². The molecular formula is C16H21F3N2O2. The van der Waals surface area contributed by atoms with Crippen LogP contribution in [0.3, 0.4) is 0 Å². The maximum atomic E-state index is 12.4. The number of hydrogen-bond donors (Lipinski definition) is 2. The van der Waals surface area contributed by atoms with Gasteiger partial charge in [-0.2, -0.15) is 13.2 Å². The van der Waals surface area contributed by atoms with Crippen molar-refractivity contribution in [1.29, 1.82) is 0 Å². The monoisotopic (exact) mass is 330 g/mol. The molecule has 1 saturated heterocycles. The van der Waals surface area contributed by atoms with Crippen LogP contribution in [-0.2, 0) is 4.79 Å². The Hall–Kier alpha value is -1.76. The number of hydrogen-bond acceptors (Lipinski definition) is 3. The fourth-order valence-corrected chi connectivity index (χ4v) is 2.67. The number of rotatable bonds is 4. The molecule has 1 amide bonds. The Morgan fingerprint density at radius 2 is 2.00 bits per heavy atom. The zero-order valence-corrected chi connectivity index (χ0v) is 13.2. The molecule has 0 radical (unpaired) electrons. The summed E-state index contributed by atoms with van der Waals surface area (Å²) in [5, 5.41) is 6.00. The lowest BCUT2D eigenvalue weighted by Crippen LogP contribution is -2.53. The van der Waals surface area contributed by atoms with E-state index in [4.69, 9.17) is 0 Å². The first-order chi connectivity index (χ1) is 10.7. The Bertz CT molecular complexity index is 541. The predicted molar refractivity (Wildman–Crippen MR) is 81.4 cm³/mol. The number of alkyl halides is 3. The first-order valence-electron chi connectivity index (χ1n) is 7.51. The molecular weight excluding hydrogens is 309 g/mol. The largest absolute Gasteiger partial charge is 0.484 e. The summed E-state index contributed by atoms with van der Waals surface area (Å²) < 4.78 is 40.9. The summed E-state index contributed by atoms with van der Waals surface area (Å²) in [5.41, 5.74) is 0.385. The van der Waals surface area contributed by atoms with Gasteiger partial charge in [0.05, 0.1) is 6.04 Å². The molecule has 0 aromatic heterocycles. The van der Waals surface area contributed by atoms with Crippen LogP contribution in [0, 0.1) is 5.41 Å². The molecule has 1 heterocycles. The van der Waals surface area contributed by atoms with Crippen molar-refractivity contribution in [2.24, 2.45) is 5.41 Å². The highest BCUT2D eigenvalue weighted by Gasteiger charge is 2.37. The number of nitrogens with one attached hydrogen (secondary N) is 2. The van der Waals surface area contributed by atoms with E-state index in [2.05, 4.69) is 15.4 Å². The number of anilines is 1. The zero-order valence-electron chi connectivity index (χ0n) is 13.2. The van der Waals surface area contributed by atoms with Crippen LogP contribution in [0.2, 0.25) is 0 Å². The minimum Gasteiger partial charge on any atom is -0.484 e. The average molecular weight is 330 g/mol. The Kier molecular flexibility index (Phi) is 5.19. The topological polar surface area (TPSA) is 50.4 Å². The summed E-state index contributed by atoms with van der Waals surface area (Å²) in [6.07, 6.45) is -2.38. The molecule has 0 aliphatic carbocycles. The number of benzene rings is 1. The van der Waals surface area contributed by atoms with Gasteiger partial charge in [0, 0.05) is 5.69 Å². The van der Waals surface area contributed by atoms with Gasteiger partial charge in [0.2, 0.25) is 5.91 Å². The molecule has 0 saturated carbocycles. The van der Waals surface area contributed by atoms with Gasteiger partial charge in [-0.15, -0.1) is 0 Å². The van der Waals surface area contributed by atoms with Crippen LogP contribution in [0.25, 0.3) is 0 Å². The molecule has 0 spiro atoms. The molecule has 23 heavy (non-hydrogen) atoms. The van der Waals surface area contributed by atoms with E-state index in [9.17, 15) is 18.0 Å². The molecule has 2 N–H and O–H groups in total. The van der Waals surface area contributed by atoms with E-state index in [1.54, 1.807) is 0 Å². The van der Waals surface area contributed by atoms with E-state index in [-0.39, 0.29) is 23.1 Å². The standard InChI is InChI=1S/C16H21F3N2O2/c1-15(2)8-3-9-20-13(15)14(22)21-11-4-6-12(7-5-11)23-10-16(17,18)19/h4-7,13,20H,3,8-10H2,1-2H3,(H,21,22). The fourth-order valence-electron chi connectivity index (χ4n) is 2.67. The van der Waals surface area contributed by atoms with Gasteiger partial charge < -0.3 is 15.4 Å². The van der Waals surface area contributed by atoms with E-state index in [1.165, 1.54) is 24.3 Å². The molecule has 4 nitrogen and oxygen atoms in total. The van der Waals surface area contributed by atoms with Gasteiger partial charge in [-0.05, 0) is 49.1 Å². The van der Waals surface area contributed by atoms with Crippen LogP contribution < -0.4 is 15.4 Å². The van der Waals surface area contributed by atoms with Crippen LogP contribution in [-0.4, -0.2) is 31.3 Å². The molecule has 1 aromatic carbocycles. The number of ether oxygens (including phenoxy) is 1. The highest BCUT2D eigenvalue weighted by molar-refractivity contribution is 5.95. The Balaban J connectivity index is 1.94. The third kappa shape index (κ3) is 5.13. The van der Waals surface area contributed by atoms with Gasteiger partial charge in [0.15, 0.2) is 6.61 Å². The van der Waals surface area contributed by atoms with Crippen LogP contribution in [0.4, 0.5) is 18.9 Å². The number of piperidine rings is 1. The van der Waals surface area contributed by atoms with Crippen molar-refractivity contribution in [2.45, 2.75) is 38.9 Å². The van der Waals surface area contributed by atoms with E-state index in [0.717, 1.165) is 19.4 Å². The molecule has 1 fully saturated rings. The van der Waals surface area contributed by atoms with Crippen LogP contribution >= 0.6 is 0 Å². The average Bonchev–Trinajstić information content (AvgIpc) is 2.45. The summed E-state index contributed by atoms with van der Waals surface area (Å²) >= 11 is 0. The summed E-state index contributed by atoms with van der Waals surface area (Å²) in [7, 11) is 0. The molecule has 0 bridgehead atoms. The minimum absolute atomic E-state index is 0.108. The molecule has 1 aromatic rings. The highest BCUT2D eigenvalue weighted by atomic mass is 19.4. The highest BCUT2D eigenvalue weighted by Crippen LogP contribution is 2.31. The van der Waals surface area contributed by atoms with Crippen molar-refractivity contribution in [3.63, 3.8) is 0 Å². The van der Waals surface area contributed by atoms with Crippen molar-refractivity contribution in [2.75, 3.05) is 18.5 Å². The molecule has 128 valence electrons. The van der Waals surface area contributed by atoms with Gasteiger partial charge in [-0.25, -0.2) is 0 Å². The third-order valence-corrected chi connectivity index (χ3v) is 3.91. The SMILES string of the molecule is CC1(C)CCCNC1C(=O)Nc1ccc(OCC(F)(F)F)cc1. The Morgan fingerprint density at radius 3 is 2.57 bits per heavy atom. The molecule has 1 aliphatic heterocycles. The fraction of sp³-hybridized carbons (Fsp3) is 0.562. The van der Waals surface area contributed by atoms with Gasteiger partial charge in [0.25, 0.3) is 0 Å². The summed E-state index contributed by atoms with van der Waals surface area (Å²) in [6.45, 7) is 3.54. The number of amides is 1. The van der Waals surface area contributed by atoms with E-state index < -0.39 is 12.8 Å². The summed E-state index contributed by atoms with van der Waals surface area (Å²) in [6, 6.07) is 5.57. The second-order valence-corrected chi connectivity index (χ2v) is 6.40. The first-order valence-corrected chi connectivity index (χ1v) is 7.51.